The Labute approximate surface area is 206 Å². The lowest BCUT2D eigenvalue weighted by molar-refractivity contribution is 0.322. The predicted molar refractivity (Wildman–Crippen MR) is 141 cm³/mol. The number of ether oxygens (including phenoxy) is 1. The van der Waals surface area contributed by atoms with Crippen molar-refractivity contribution in [2.75, 3.05) is 25.1 Å². The van der Waals surface area contributed by atoms with Crippen molar-refractivity contribution in [3.8, 4) is 23.1 Å². The molecule has 0 atom stereocenters. The second kappa shape index (κ2) is 10.6. The van der Waals surface area contributed by atoms with Gasteiger partial charge in [0.05, 0.1) is 30.0 Å². The van der Waals surface area contributed by atoms with Gasteiger partial charge in [-0.3, -0.25) is 10.3 Å². The monoisotopic (exact) mass is 465 g/mol. The van der Waals surface area contributed by atoms with Gasteiger partial charge in [0.1, 0.15) is 11.8 Å². The SMILES string of the molecule is CCOc1ccc2c(C#N)c(-c3ccc(NCNCCc4ccccn4)cc3)n(C3CCC3)c2c1. The Morgan fingerprint density at radius 1 is 1.11 bits per heavy atom. The number of nitrogens with one attached hydrogen (secondary N) is 2. The number of hydrogen-bond acceptors (Lipinski definition) is 5. The minimum atomic E-state index is 0.424. The molecule has 1 aliphatic carbocycles. The first-order valence-electron chi connectivity index (χ1n) is 12.4. The molecule has 2 aromatic heterocycles. The molecule has 0 amide bonds. The third kappa shape index (κ3) is 4.87. The second-order valence-corrected chi connectivity index (χ2v) is 8.90. The number of nitrogens with zero attached hydrogens (tertiary/aromatic N) is 3. The van der Waals surface area contributed by atoms with E-state index in [2.05, 4.69) is 56.6 Å². The number of anilines is 1. The molecular weight excluding hydrogens is 434 g/mol. The van der Waals surface area contributed by atoms with E-state index in [1.165, 1.54) is 6.42 Å². The Hall–Kier alpha value is -3.82. The van der Waals surface area contributed by atoms with E-state index < -0.39 is 0 Å². The van der Waals surface area contributed by atoms with Crippen molar-refractivity contribution < 1.29 is 4.74 Å². The predicted octanol–water partition coefficient (Wildman–Crippen LogP) is 5.90. The van der Waals surface area contributed by atoms with E-state index in [1.807, 2.05) is 43.5 Å². The van der Waals surface area contributed by atoms with Crippen LogP contribution < -0.4 is 15.4 Å². The molecular formula is C29H31N5O. The standard InChI is InChI=1S/C29H31N5O/c1-2-35-25-13-14-26-27(19-30)29(34(28(26)18-25)24-7-5-8-24)21-9-11-23(12-10-21)33-20-31-17-15-22-6-3-4-16-32-22/h3-4,6,9-14,16,18,24,31,33H,2,5,7-8,15,17,20H2,1H3. The van der Waals surface area contributed by atoms with Crippen LogP contribution in [0.4, 0.5) is 5.69 Å². The summed E-state index contributed by atoms with van der Waals surface area (Å²) in [6.07, 6.45) is 6.24. The first-order chi connectivity index (χ1) is 17.3. The highest BCUT2D eigenvalue weighted by atomic mass is 16.5. The number of pyridine rings is 1. The summed E-state index contributed by atoms with van der Waals surface area (Å²) in [5.74, 6) is 0.851. The highest BCUT2D eigenvalue weighted by Gasteiger charge is 2.28. The van der Waals surface area contributed by atoms with Crippen molar-refractivity contribution in [3.63, 3.8) is 0 Å². The fourth-order valence-corrected chi connectivity index (χ4v) is 4.73. The normalized spacial score (nSPS) is 13.4. The summed E-state index contributed by atoms with van der Waals surface area (Å²) < 4.78 is 8.15. The van der Waals surface area contributed by atoms with Crippen LogP contribution in [0.25, 0.3) is 22.2 Å². The number of nitriles is 1. The maximum absolute atomic E-state index is 10.1. The number of hydrogen-bond donors (Lipinski definition) is 2. The molecule has 1 fully saturated rings. The minimum Gasteiger partial charge on any atom is -0.494 e. The maximum atomic E-state index is 10.1. The molecule has 178 valence electrons. The minimum absolute atomic E-state index is 0.424. The number of rotatable bonds is 10. The first-order valence-corrected chi connectivity index (χ1v) is 12.4. The van der Waals surface area contributed by atoms with E-state index in [0.717, 1.165) is 70.7 Å². The van der Waals surface area contributed by atoms with Crippen LogP contribution in [0, 0.1) is 11.3 Å². The second-order valence-electron chi connectivity index (χ2n) is 8.90. The summed E-state index contributed by atoms with van der Waals surface area (Å²) in [5, 5.41) is 18.0. The molecule has 6 heteroatoms. The third-order valence-electron chi connectivity index (χ3n) is 6.70. The molecule has 1 aliphatic rings. The van der Waals surface area contributed by atoms with Gasteiger partial charge in [-0.05, 0) is 68.1 Å². The third-order valence-corrected chi connectivity index (χ3v) is 6.70. The zero-order valence-corrected chi connectivity index (χ0v) is 20.1. The maximum Gasteiger partial charge on any atom is 0.121 e. The van der Waals surface area contributed by atoms with Crippen LogP contribution in [-0.4, -0.2) is 29.4 Å². The molecule has 0 unspecified atom stereocenters. The van der Waals surface area contributed by atoms with Crippen molar-refractivity contribution in [3.05, 3.63) is 78.1 Å². The zero-order valence-electron chi connectivity index (χ0n) is 20.1. The van der Waals surface area contributed by atoms with Gasteiger partial charge in [-0.25, -0.2) is 0 Å². The van der Waals surface area contributed by atoms with Crippen LogP contribution in [0.3, 0.4) is 0 Å². The van der Waals surface area contributed by atoms with Gasteiger partial charge in [-0.2, -0.15) is 5.26 Å². The number of aromatic nitrogens is 2. The molecule has 2 heterocycles. The smallest absolute Gasteiger partial charge is 0.121 e. The Morgan fingerprint density at radius 2 is 1.97 bits per heavy atom. The summed E-state index contributed by atoms with van der Waals surface area (Å²) in [6, 6.07) is 23.4. The molecule has 0 aliphatic heterocycles. The van der Waals surface area contributed by atoms with Crippen LogP contribution in [0.2, 0.25) is 0 Å². The molecule has 0 radical (unpaired) electrons. The average Bonchev–Trinajstić information content (AvgIpc) is 3.17. The van der Waals surface area contributed by atoms with Gasteiger partial charge >= 0.3 is 0 Å². The van der Waals surface area contributed by atoms with Gasteiger partial charge in [-0.15, -0.1) is 0 Å². The van der Waals surface area contributed by atoms with Crippen LogP contribution in [-0.2, 0) is 6.42 Å². The molecule has 4 aromatic rings. The van der Waals surface area contributed by atoms with Gasteiger partial charge in [0.2, 0.25) is 0 Å². The quantitative estimate of drug-likeness (QED) is 0.225. The summed E-state index contributed by atoms with van der Waals surface area (Å²) >= 11 is 0. The Kier molecular flexibility index (Phi) is 6.97. The lowest BCUT2D eigenvalue weighted by Crippen LogP contribution is -2.24. The van der Waals surface area contributed by atoms with E-state index >= 15 is 0 Å². The van der Waals surface area contributed by atoms with Gasteiger partial charge in [-0.1, -0.05) is 18.2 Å². The summed E-state index contributed by atoms with van der Waals surface area (Å²) in [7, 11) is 0. The van der Waals surface area contributed by atoms with Crippen molar-refractivity contribution in [2.45, 2.75) is 38.6 Å². The number of fused-ring (bicyclic) bond motifs is 1. The molecule has 2 aromatic carbocycles. The van der Waals surface area contributed by atoms with E-state index in [9.17, 15) is 5.26 Å². The summed E-state index contributed by atoms with van der Waals surface area (Å²) in [4.78, 5) is 4.35. The lowest BCUT2D eigenvalue weighted by atomic mass is 9.92. The van der Waals surface area contributed by atoms with Gasteiger partial charge in [0, 0.05) is 48.0 Å². The molecule has 35 heavy (non-hydrogen) atoms. The van der Waals surface area contributed by atoms with Crippen molar-refractivity contribution in [1.82, 2.24) is 14.9 Å². The highest BCUT2D eigenvalue weighted by Crippen LogP contribution is 2.43. The van der Waals surface area contributed by atoms with E-state index in [0.29, 0.717) is 19.3 Å². The summed E-state index contributed by atoms with van der Waals surface area (Å²) in [5.41, 5.74) is 6.05. The molecule has 1 saturated carbocycles. The molecule has 2 N–H and O–H groups in total. The largest absolute Gasteiger partial charge is 0.494 e. The van der Waals surface area contributed by atoms with Crippen molar-refractivity contribution in [1.29, 1.82) is 5.26 Å². The van der Waals surface area contributed by atoms with Crippen molar-refractivity contribution in [2.24, 2.45) is 0 Å². The fourth-order valence-electron chi connectivity index (χ4n) is 4.73. The molecule has 0 bridgehead atoms. The van der Waals surface area contributed by atoms with Crippen molar-refractivity contribution >= 4 is 16.6 Å². The van der Waals surface area contributed by atoms with Crippen LogP contribution in [0.1, 0.15) is 43.5 Å². The van der Waals surface area contributed by atoms with Gasteiger partial charge < -0.3 is 14.6 Å². The Balaban J connectivity index is 1.34. The van der Waals surface area contributed by atoms with Crippen LogP contribution in [0.5, 0.6) is 5.75 Å². The van der Waals surface area contributed by atoms with E-state index in [4.69, 9.17) is 4.74 Å². The lowest BCUT2D eigenvalue weighted by Gasteiger charge is -2.30. The Morgan fingerprint density at radius 3 is 2.66 bits per heavy atom. The van der Waals surface area contributed by atoms with Gasteiger partial charge in [0.15, 0.2) is 0 Å². The average molecular weight is 466 g/mol. The number of benzene rings is 2. The Bertz CT molecular complexity index is 1320. The topological polar surface area (TPSA) is 74.9 Å². The zero-order chi connectivity index (χ0) is 24.0. The molecule has 0 spiro atoms. The molecule has 5 rings (SSSR count). The van der Waals surface area contributed by atoms with Crippen LogP contribution in [0.15, 0.2) is 66.9 Å². The molecule has 0 saturated heterocycles. The van der Waals surface area contributed by atoms with Gasteiger partial charge in [0.25, 0.3) is 0 Å². The highest BCUT2D eigenvalue weighted by molar-refractivity contribution is 5.95. The fraction of sp³-hybridized carbons (Fsp3) is 0.310. The molecule has 6 nitrogen and oxygen atoms in total. The van der Waals surface area contributed by atoms with E-state index in [1.54, 1.807) is 0 Å². The first kappa shape index (κ1) is 22.9. The van der Waals surface area contributed by atoms with E-state index in [-0.39, 0.29) is 0 Å². The summed E-state index contributed by atoms with van der Waals surface area (Å²) in [6.45, 7) is 4.16. The van der Waals surface area contributed by atoms with Crippen LogP contribution >= 0.6 is 0 Å².